The van der Waals surface area contributed by atoms with Crippen molar-refractivity contribution < 1.29 is 9.90 Å². The number of carbonyl (C=O) groups is 1. The van der Waals surface area contributed by atoms with Crippen LogP contribution in [0.25, 0.3) is 10.9 Å². The Bertz CT molecular complexity index is 679. The fraction of sp³-hybridized carbons (Fsp3) is 0.250. The van der Waals surface area contributed by atoms with Gasteiger partial charge in [0.15, 0.2) is 0 Å². The molecule has 2 N–H and O–H groups in total. The predicted molar refractivity (Wildman–Crippen MR) is 79.1 cm³/mol. The van der Waals surface area contributed by atoms with Crippen LogP contribution in [0.15, 0.2) is 42.5 Å². The molecule has 102 valence electrons. The molecular formula is C16H16N2O2. The normalized spacial score (nSPS) is 18.1. The molecule has 1 atom stereocenters. The average Bonchev–Trinajstić information content (AvgIpc) is 2.47. The van der Waals surface area contributed by atoms with Gasteiger partial charge in [-0.05, 0) is 43.5 Å². The predicted octanol–water partition coefficient (Wildman–Crippen LogP) is 3.45. The number of pyridine rings is 1. The molecule has 0 spiro atoms. The number of carboxylic acid groups (broad SMARTS) is 1. The van der Waals surface area contributed by atoms with E-state index in [2.05, 4.69) is 22.5 Å². The van der Waals surface area contributed by atoms with E-state index in [1.165, 1.54) is 0 Å². The number of hydrogen-bond donors (Lipinski definition) is 2. The van der Waals surface area contributed by atoms with Crippen molar-refractivity contribution in [2.45, 2.75) is 25.3 Å². The van der Waals surface area contributed by atoms with E-state index in [1.54, 1.807) is 12.1 Å². The van der Waals surface area contributed by atoms with E-state index in [0.717, 1.165) is 25.1 Å². The smallest absolute Gasteiger partial charge is 0.336 e. The Morgan fingerprint density at radius 2 is 2.15 bits per heavy atom. The summed E-state index contributed by atoms with van der Waals surface area (Å²) in [5.74, 6) is -0.115. The lowest BCUT2D eigenvalue weighted by Gasteiger charge is -2.20. The first-order valence-corrected chi connectivity index (χ1v) is 6.78. The van der Waals surface area contributed by atoms with Gasteiger partial charge in [-0.1, -0.05) is 18.2 Å². The van der Waals surface area contributed by atoms with Gasteiger partial charge >= 0.3 is 5.97 Å². The Morgan fingerprint density at radius 1 is 1.25 bits per heavy atom. The van der Waals surface area contributed by atoms with Crippen molar-refractivity contribution in [2.24, 2.45) is 0 Å². The number of aromatic carboxylic acids is 1. The van der Waals surface area contributed by atoms with E-state index in [1.807, 2.05) is 18.2 Å². The largest absolute Gasteiger partial charge is 0.478 e. The number of nitrogens with one attached hydrogen (secondary N) is 1. The number of nitrogens with zero attached hydrogens (tertiary/aromatic N) is 1. The quantitative estimate of drug-likeness (QED) is 0.837. The fourth-order valence-electron chi connectivity index (χ4n) is 2.56. The second-order valence-corrected chi connectivity index (χ2v) is 5.00. The summed E-state index contributed by atoms with van der Waals surface area (Å²) < 4.78 is 0. The minimum atomic E-state index is -0.921. The maximum Gasteiger partial charge on any atom is 0.336 e. The van der Waals surface area contributed by atoms with Crippen LogP contribution in [0.3, 0.4) is 0 Å². The van der Waals surface area contributed by atoms with Crippen LogP contribution in [-0.2, 0) is 0 Å². The second kappa shape index (κ2) is 5.33. The molecule has 0 amide bonds. The third-order valence-corrected chi connectivity index (χ3v) is 3.58. The molecular weight excluding hydrogens is 252 g/mol. The number of rotatable bonds is 3. The van der Waals surface area contributed by atoms with Gasteiger partial charge in [0, 0.05) is 11.4 Å². The van der Waals surface area contributed by atoms with Crippen LogP contribution in [-0.4, -0.2) is 22.1 Å². The molecule has 0 fully saturated rings. The first-order valence-electron chi connectivity index (χ1n) is 6.78. The van der Waals surface area contributed by atoms with E-state index in [-0.39, 0.29) is 0 Å². The highest BCUT2D eigenvalue weighted by molar-refractivity contribution is 6.02. The monoisotopic (exact) mass is 268 g/mol. The van der Waals surface area contributed by atoms with Crippen molar-refractivity contribution in [1.82, 2.24) is 4.98 Å². The lowest BCUT2D eigenvalue weighted by atomic mass is 10.0. The SMILES string of the molecule is O=C(O)c1cccc2nc(NC3CC=CCC3)ccc12. The summed E-state index contributed by atoms with van der Waals surface area (Å²) in [4.78, 5) is 15.7. The summed E-state index contributed by atoms with van der Waals surface area (Å²) in [5, 5.41) is 13.2. The molecule has 0 saturated carbocycles. The standard InChI is InChI=1S/C16H16N2O2/c19-16(20)13-7-4-8-14-12(13)9-10-15(18-14)17-11-5-2-1-3-6-11/h1-2,4,7-11H,3,5-6H2,(H,17,18)(H,19,20). The Morgan fingerprint density at radius 3 is 2.90 bits per heavy atom. The lowest BCUT2D eigenvalue weighted by Crippen LogP contribution is -2.20. The Balaban J connectivity index is 1.91. The number of benzene rings is 1. The maximum absolute atomic E-state index is 11.2. The minimum Gasteiger partial charge on any atom is -0.478 e. The van der Waals surface area contributed by atoms with Gasteiger partial charge in [-0.15, -0.1) is 0 Å². The van der Waals surface area contributed by atoms with Gasteiger partial charge in [-0.3, -0.25) is 0 Å². The Hall–Kier alpha value is -2.36. The highest BCUT2D eigenvalue weighted by Crippen LogP contribution is 2.21. The summed E-state index contributed by atoms with van der Waals surface area (Å²) in [5.41, 5.74) is 1.00. The van der Waals surface area contributed by atoms with E-state index in [9.17, 15) is 4.79 Å². The van der Waals surface area contributed by atoms with Crippen LogP contribution in [0.2, 0.25) is 0 Å². The molecule has 1 aromatic heterocycles. The molecule has 3 rings (SSSR count). The number of fused-ring (bicyclic) bond motifs is 1. The minimum absolute atomic E-state index is 0.294. The van der Waals surface area contributed by atoms with Gasteiger partial charge in [0.05, 0.1) is 11.1 Å². The number of anilines is 1. The summed E-state index contributed by atoms with van der Waals surface area (Å²) in [6.07, 6.45) is 7.59. The van der Waals surface area contributed by atoms with Crippen molar-refractivity contribution in [3.8, 4) is 0 Å². The molecule has 1 aliphatic carbocycles. The molecule has 0 aliphatic heterocycles. The molecule has 4 heteroatoms. The van der Waals surface area contributed by atoms with E-state index in [0.29, 0.717) is 22.5 Å². The molecule has 1 heterocycles. The lowest BCUT2D eigenvalue weighted by molar-refractivity contribution is 0.0699. The van der Waals surface area contributed by atoms with E-state index < -0.39 is 5.97 Å². The van der Waals surface area contributed by atoms with Crippen molar-refractivity contribution in [2.75, 3.05) is 5.32 Å². The number of allylic oxidation sites excluding steroid dienone is 1. The fourth-order valence-corrected chi connectivity index (χ4v) is 2.56. The van der Waals surface area contributed by atoms with Crippen LogP contribution in [0, 0.1) is 0 Å². The van der Waals surface area contributed by atoms with Gasteiger partial charge < -0.3 is 10.4 Å². The zero-order valence-electron chi connectivity index (χ0n) is 11.0. The van der Waals surface area contributed by atoms with Crippen LogP contribution in [0.4, 0.5) is 5.82 Å². The molecule has 4 nitrogen and oxygen atoms in total. The van der Waals surface area contributed by atoms with Crippen LogP contribution in [0.1, 0.15) is 29.6 Å². The molecule has 20 heavy (non-hydrogen) atoms. The average molecular weight is 268 g/mol. The van der Waals surface area contributed by atoms with Crippen molar-refractivity contribution in [3.05, 3.63) is 48.0 Å². The topological polar surface area (TPSA) is 62.2 Å². The van der Waals surface area contributed by atoms with Crippen molar-refractivity contribution >= 4 is 22.7 Å². The molecule has 0 saturated heterocycles. The maximum atomic E-state index is 11.2. The van der Waals surface area contributed by atoms with E-state index >= 15 is 0 Å². The third kappa shape index (κ3) is 2.50. The van der Waals surface area contributed by atoms with Crippen LogP contribution in [0.5, 0.6) is 0 Å². The molecule has 1 aliphatic rings. The van der Waals surface area contributed by atoms with Gasteiger partial charge in [0.1, 0.15) is 5.82 Å². The zero-order valence-corrected chi connectivity index (χ0v) is 11.0. The van der Waals surface area contributed by atoms with Gasteiger partial charge in [0.25, 0.3) is 0 Å². The summed E-state index contributed by atoms with van der Waals surface area (Å²) in [6, 6.07) is 9.26. The van der Waals surface area contributed by atoms with E-state index in [4.69, 9.17) is 5.11 Å². The summed E-state index contributed by atoms with van der Waals surface area (Å²) >= 11 is 0. The van der Waals surface area contributed by atoms with Crippen LogP contribution >= 0.6 is 0 Å². The van der Waals surface area contributed by atoms with Crippen molar-refractivity contribution in [3.63, 3.8) is 0 Å². The number of hydrogen-bond acceptors (Lipinski definition) is 3. The molecule has 2 aromatic rings. The highest BCUT2D eigenvalue weighted by Gasteiger charge is 2.12. The summed E-state index contributed by atoms with van der Waals surface area (Å²) in [6.45, 7) is 0. The van der Waals surface area contributed by atoms with Crippen LogP contribution < -0.4 is 5.32 Å². The van der Waals surface area contributed by atoms with Gasteiger partial charge in [-0.25, -0.2) is 9.78 Å². The zero-order chi connectivity index (χ0) is 13.9. The molecule has 1 aromatic carbocycles. The number of carboxylic acids is 1. The van der Waals surface area contributed by atoms with Gasteiger partial charge in [-0.2, -0.15) is 0 Å². The van der Waals surface area contributed by atoms with Gasteiger partial charge in [0.2, 0.25) is 0 Å². The Labute approximate surface area is 117 Å². The second-order valence-electron chi connectivity index (χ2n) is 5.00. The first-order chi connectivity index (χ1) is 9.74. The number of aromatic nitrogens is 1. The first kappa shape index (κ1) is 12.7. The third-order valence-electron chi connectivity index (χ3n) is 3.58. The summed E-state index contributed by atoms with van der Waals surface area (Å²) in [7, 11) is 0. The molecule has 0 bridgehead atoms. The Kier molecular flexibility index (Phi) is 3.37. The van der Waals surface area contributed by atoms with Crippen molar-refractivity contribution in [1.29, 1.82) is 0 Å². The molecule has 1 unspecified atom stereocenters. The highest BCUT2D eigenvalue weighted by atomic mass is 16.4. The molecule has 0 radical (unpaired) electrons.